The van der Waals surface area contributed by atoms with Crippen LogP contribution in [0.25, 0.3) is 0 Å². The summed E-state index contributed by atoms with van der Waals surface area (Å²) in [5.41, 5.74) is 0.702. The number of nitrogens with one attached hydrogen (secondary N) is 2. The third-order valence-corrected chi connectivity index (χ3v) is 6.43. The lowest BCUT2D eigenvalue weighted by Crippen LogP contribution is -2.35. The Morgan fingerprint density at radius 1 is 1.20 bits per heavy atom. The second-order valence-corrected chi connectivity index (χ2v) is 7.95. The van der Waals surface area contributed by atoms with Crippen LogP contribution in [0, 0.1) is 0 Å². The molecule has 1 saturated carbocycles. The molecule has 0 aromatic heterocycles. The van der Waals surface area contributed by atoms with Gasteiger partial charge in [0.15, 0.2) is 0 Å². The predicted octanol–water partition coefficient (Wildman–Crippen LogP) is 2.68. The summed E-state index contributed by atoms with van der Waals surface area (Å²) in [7, 11) is -1.98. The summed E-state index contributed by atoms with van der Waals surface area (Å²) in [6.45, 7) is 0. The average Bonchev–Trinajstić information content (AvgIpc) is 2.48. The van der Waals surface area contributed by atoms with Crippen LogP contribution >= 0.6 is 11.8 Å². The predicted molar refractivity (Wildman–Crippen MR) is 85.9 cm³/mol. The maximum Gasteiger partial charge on any atom is 0.242 e. The molecule has 2 N–H and O–H groups in total. The Labute approximate surface area is 125 Å². The fraction of sp³-hybridized carbons (Fsp3) is 0.571. The summed E-state index contributed by atoms with van der Waals surface area (Å²) in [5, 5.41) is 4.00. The molecule has 0 radical (unpaired) electrons. The van der Waals surface area contributed by atoms with Crippen molar-refractivity contribution in [3.05, 3.63) is 24.3 Å². The zero-order chi connectivity index (χ0) is 14.6. The average molecular weight is 314 g/mol. The minimum atomic E-state index is -3.42. The highest BCUT2D eigenvalue weighted by molar-refractivity contribution is 7.99. The van der Waals surface area contributed by atoms with Crippen molar-refractivity contribution in [3.63, 3.8) is 0 Å². The molecule has 20 heavy (non-hydrogen) atoms. The number of benzene rings is 1. The summed E-state index contributed by atoms with van der Waals surface area (Å²) in [4.78, 5) is 0.327. The summed E-state index contributed by atoms with van der Waals surface area (Å²) >= 11 is 1.86. The van der Waals surface area contributed by atoms with Crippen LogP contribution in [-0.4, -0.2) is 33.0 Å². The highest BCUT2D eigenvalue weighted by atomic mass is 32.2. The SMILES string of the molecule is CNS(=O)(=O)c1ccccc1NC1CCCCC1SC. The van der Waals surface area contributed by atoms with Crippen molar-refractivity contribution in [2.24, 2.45) is 0 Å². The molecule has 0 amide bonds. The van der Waals surface area contributed by atoms with Crippen LogP contribution in [0.4, 0.5) is 5.69 Å². The lowest BCUT2D eigenvalue weighted by Gasteiger charge is -2.32. The summed E-state index contributed by atoms with van der Waals surface area (Å²) in [6.07, 6.45) is 6.88. The molecular weight excluding hydrogens is 292 g/mol. The Morgan fingerprint density at radius 3 is 2.60 bits per heavy atom. The summed E-state index contributed by atoms with van der Waals surface area (Å²) in [5.74, 6) is 0. The maximum atomic E-state index is 12.1. The molecule has 0 saturated heterocycles. The van der Waals surface area contributed by atoms with Gasteiger partial charge in [0, 0.05) is 11.3 Å². The monoisotopic (exact) mass is 314 g/mol. The number of thioether (sulfide) groups is 1. The molecule has 2 rings (SSSR count). The van der Waals surface area contributed by atoms with Gasteiger partial charge < -0.3 is 5.32 Å². The number of para-hydroxylation sites is 1. The molecule has 1 aliphatic carbocycles. The van der Waals surface area contributed by atoms with Crippen molar-refractivity contribution in [2.75, 3.05) is 18.6 Å². The van der Waals surface area contributed by atoms with Gasteiger partial charge >= 0.3 is 0 Å². The molecule has 2 atom stereocenters. The fourth-order valence-electron chi connectivity index (χ4n) is 2.67. The van der Waals surface area contributed by atoms with E-state index in [9.17, 15) is 8.42 Å². The van der Waals surface area contributed by atoms with Gasteiger partial charge in [0.2, 0.25) is 10.0 Å². The first-order valence-electron chi connectivity index (χ1n) is 6.90. The fourth-order valence-corrected chi connectivity index (χ4v) is 4.50. The smallest absolute Gasteiger partial charge is 0.242 e. The molecule has 0 aliphatic heterocycles. The minimum Gasteiger partial charge on any atom is -0.380 e. The first-order valence-corrected chi connectivity index (χ1v) is 9.67. The molecule has 1 aromatic rings. The van der Waals surface area contributed by atoms with Crippen LogP contribution in [0.1, 0.15) is 25.7 Å². The van der Waals surface area contributed by atoms with Crippen molar-refractivity contribution in [3.8, 4) is 0 Å². The molecule has 0 heterocycles. The molecule has 1 aliphatic rings. The molecule has 6 heteroatoms. The van der Waals surface area contributed by atoms with Gasteiger partial charge in [-0.05, 0) is 38.3 Å². The van der Waals surface area contributed by atoms with Crippen LogP contribution < -0.4 is 10.0 Å². The molecule has 1 fully saturated rings. The van der Waals surface area contributed by atoms with E-state index in [4.69, 9.17) is 0 Å². The van der Waals surface area contributed by atoms with E-state index >= 15 is 0 Å². The van der Waals surface area contributed by atoms with Crippen LogP contribution in [-0.2, 0) is 10.0 Å². The number of hydrogen-bond donors (Lipinski definition) is 2. The highest BCUT2D eigenvalue weighted by Gasteiger charge is 2.26. The van der Waals surface area contributed by atoms with Gasteiger partial charge in [-0.2, -0.15) is 11.8 Å². The largest absolute Gasteiger partial charge is 0.380 e. The lowest BCUT2D eigenvalue weighted by atomic mass is 9.94. The zero-order valence-electron chi connectivity index (χ0n) is 11.9. The third kappa shape index (κ3) is 3.48. The van der Waals surface area contributed by atoms with E-state index in [1.165, 1.54) is 26.3 Å². The number of sulfonamides is 1. The topological polar surface area (TPSA) is 58.2 Å². The standard InChI is InChI=1S/C14H22N2O2S2/c1-15-20(17,18)14-10-6-4-8-12(14)16-11-7-3-5-9-13(11)19-2/h4,6,8,10-11,13,15-16H,3,5,7,9H2,1-2H3. The van der Waals surface area contributed by atoms with Gasteiger partial charge in [-0.25, -0.2) is 13.1 Å². The van der Waals surface area contributed by atoms with Crippen LogP contribution in [0.2, 0.25) is 0 Å². The molecule has 2 unspecified atom stereocenters. The Morgan fingerprint density at radius 2 is 1.90 bits per heavy atom. The van der Waals surface area contributed by atoms with Gasteiger partial charge in [-0.1, -0.05) is 25.0 Å². The summed E-state index contributed by atoms with van der Waals surface area (Å²) < 4.78 is 26.5. The zero-order valence-corrected chi connectivity index (χ0v) is 13.6. The van der Waals surface area contributed by atoms with Gasteiger partial charge in [0.1, 0.15) is 4.90 Å². The van der Waals surface area contributed by atoms with Crippen LogP contribution in [0.5, 0.6) is 0 Å². The van der Waals surface area contributed by atoms with E-state index in [2.05, 4.69) is 16.3 Å². The first kappa shape index (κ1) is 15.7. The van der Waals surface area contributed by atoms with Crippen LogP contribution in [0.15, 0.2) is 29.2 Å². The van der Waals surface area contributed by atoms with E-state index in [1.54, 1.807) is 12.1 Å². The highest BCUT2D eigenvalue weighted by Crippen LogP contribution is 2.31. The van der Waals surface area contributed by atoms with E-state index in [1.807, 2.05) is 23.9 Å². The normalized spacial score (nSPS) is 23.5. The molecule has 112 valence electrons. The first-order chi connectivity index (χ1) is 9.58. The molecule has 4 nitrogen and oxygen atoms in total. The second-order valence-electron chi connectivity index (χ2n) is 5.01. The van der Waals surface area contributed by atoms with E-state index < -0.39 is 10.0 Å². The third-order valence-electron chi connectivity index (χ3n) is 3.79. The van der Waals surface area contributed by atoms with E-state index in [-0.39, 0.29) is 0 Å². The van der Waals surface area contributed by atoms with Gasteiger partial charge in [-0.3, -0.25) is 0 Å². The maximum absolute atomic E-state index is 12.1. The Kier molecular flexibility index (Phi) is 5.35. The Balaban J connectivity index is 2.25. The molecule has 1 aromatic carbocycles. The second kappa shape index (κ2) is 6.83. The van der Waals surface area contributed by atoms with Crippen molar-refractivity contribution in [1.82, 2.24) is 4.72 Å². The van der Waals surface area contributed by atoms with Gasteiger partial charge in [0.25, 0.3) is 0 Å². The molecule has 0 spiro atoms. The molecule has 0 bridgehead atoms. The Bertz CT molecular complexity index is 546. The minimum absolute atomic E-state index is 0.327. The lowest BCUT2D eigenvalue weighted by molar-refractivity contribution is 0.474. The number of rotatable bonds is 5. The number of anilines is 1. The quantitative estimate of drug-likeness (QED) is 0.877. The van der Waals surface area contributed by atoms with Crippen molar-refractivity contribution < 1.29 is 8.42 Å². The summed E-state index contributed by atoms with van der Waals surface area (Å²) in [6, 6.07) is 7.45. The van der Waals surface area contributed by atoms with Crippen molar-refractivity contribution >= 4 is 27.5 Å². The Hall–Kier alpha value is -0.720. The number of hydrogen-bond acceptors (Lipinski definition) is 4. The van der Waals surface area contributed by atoms with Gasteiger partial charge in [0.05, 0.1) is 5.69 Å². The van der Waals surface area contributed by atoms with Crippen molar-refractivity contribution in [2.45, 2.75) is 41.9 Å². The van der Waals surface area contributed by atoms with Gasteiger partial charge in [-0.15, -0.1) is 0 Å². The molecular formula is C14H22N2O2S2. The van der Waals surface area contributed by atoms with E-state index in [0.717, 1.165) is 6.42 Å². The van der Waals surface area contributed by atoms with E-state index in [0.29, 0.717) is 21.9 Å². The van der Waals surface area contributed by atoms with Crippen LogP contribution in [0.3, 0.4) is 0 Å². The van der Waals surface area contributed by atoms with Crippen molar-refractivity contribution in [1.29, 1.82) is 0 Å².